The van der Waals surface area contributed by atoms with Crippen molar-refractivity contribution >= 4 is 22.4 Å². The lowest BCUT2D eigenvalue weighted by Gasteiger charge is -2.09. The Morgan fingerprint density at radius 3 is 3.08 bits per heavy atom. The monoisotopic (exact) mass is 197 g/mol. The first kappa shape index (κ1) is 8.81. The van der Waals surface area contributed by atoms with Gasteiger partial charge >= 0.3 is 0 Å². The second-order valence-corrected chi connectivity index (χ2v) is 4.62. The summed E-state index contributed by atoms with van der Waals surface area (Å²) in [6.07, 6.45) is 2.82. The van der Waals surface area contributed by atoms with Crippen LogP contribution in [0.4, 0.5) is 10.8 Å². The van der Waals surface area contributed by atoms with E-state index in [2.05, 4.69) is 16.6 Å². The zero-order valence-electron chi connectivity index (χ0n) is 7.79. The van der Waals surface area contributed by atoms with Crippen molar-refractivity contribution in [1.29, 1.82) is 0 Å². The first-order chi connectivity index (χ1) is 6.25. The lowest BCUT2D eigenvalue weighted by atomic mass is 10.1. The minimum Gasteiger partial charge on any atom is -0.383 e. The molecule has 2 rings (SSSR count). The van der Waals surface area contributed by atoms with Gasteiger partial charge in [0.2, 0.25) is 0 Å². The van der Waals surface area contributed by atoms with Crippen LogP contribution in [0.25, 0.3) is 0 Å². The van der Waals surface area contributed by atoms with Crippen LogP contribution >= 0.6 is 11.5 Å². The molecule has 1 aliphatic rings. The number of aromatic nitrogens is 1. The molecule has 0 bridgehead atoms. The maximum atomic E-state index is 5.52. The van der Waals surface area contributed by atoms with E-state index in [-0.39, 0.29) is 0 Å². The fraction of sp³-hybridized carbons (Fsp3) is 0.667. The largest absolute Gasteiger partial charge is 0.383 e. The maximum absolute atomic E-state index is 5.52. The first-order valence-corrected chi connectivity index (χ1v) is 5.49. The summed E-state index contributed by atoms with van der Waals surface area (Å²) in [7, 11) is 0. The Hall–Kier alpha value is -0.770. The third-order valence-electron chi connectivity index (χ3n) is 2.55. The molecule has 1 atom stereocenters. The number of nitrogens with zero attached hydrogens (tertiary/aromatic N) is 1. The molecular formula is C9H15N3S. The predicted octanol–water partition coefficient (Wildman–Crippen LogP) is 2.18. The minimum absolute atomic E-state index is 0.617. The second kappa shape index (κ2) is 3.54. The van der Waals surface area contributed by atoms with Gasteiger partial charge < -0.3 is 11.1 Å². The van der Waals surface area contributed by atoms with Crippen molar-refractivity contribution in [2.24, 2.45) is 11.8 Å². The van der Waals surface area contributed by atoms with Crippen LogP contribution in [0.3, 0.4) is 0 Å². The molecule has 3 N–H and O–H groups in total. The van der Waals surface area contributed by atoms with Crippen LogP contribution in [-0.2, 0) is 0 Å². The van der Waals surface area contributed by atoms with E-state index in [4.69, 9.17) is 5.73 Å². The highest BCUT2D eigenvalue weighted by atomic mass is 32.1. The first-order valence-electron chi connectivity index (χ1n) is 4.72. The van der Waals surface area contributed by atoms with E-state index >= 15 is 0 Å². The Balaban J connectivity index is 1.78. The van der Waals surface area contributed by atoms with Gasteiger partial charge in [-0.05, 0) is 36.2 Å². The molecule has 1 fully saturated rings. The summed E-state index contributed by atoms with van der Waals surface area (Å²) in [4.78, 5) is 0. The molecule has 1 unspecified atom stereocenters. The van der Waals surface area contributed by atoms with Crippen molar-refractivity contribution in [1.82, 2.24) is 4.37 Å². The molecule has 1 saturated carbocycles. The van der Waals surface area contributed by atoms with Gasteiger partial charge in [0.15, 0.2) is 0 Å². The van der Waals surface area contributed by atoms with Gasteiger partial charge in [-0.3, -0.25) is 0 Å². The molecule has 1 aromatic rings. The van der Waals surface area contributed by atoms with Crippen LogP contribution in [0.2, 0.25) is 0 Å². The molecule has 1 aliphatic carbocycles. The minimum atomic E-state index is 0.617. The second-order valence-electron chi connectivity index (χ2n) is 3.81. The number of nitrogens with two attached hydrogens (primary N) is 1. The third kappa shape index (κ3) is 2.34. The summed E-state index contributed by atoms with van der Waals surface area (Å²) in [5.74, 6) is 2.35. The van der Waals surface area contributed by atoms with Crippen LogP contribution in [0.15, 0.2) is 6.07 Å². The summed E-state index contributed by atoms with van der Waals surface area (Å²) in [5, 5.41) is 4.45. The fourth-order valence-corrected chi connectivity index (χ4v) is 2.04. The van der Waals surface area contributed by atoms with E-state index in [0.717, 1.165) is 23.4 Å². The Morgan fingerprint density at radius 1 is 1.77 bits per heavy atom. The van der Waals surface area contributed by atoms with Gasteiger partial charge in [-0.1, -0.05) is 6.92 Å². The number of anilines is 2. The van der Waals surface area contributed by atoms with E-state index in [1.807, 2.05) is 6.07 Å². The lowest BCUT2D eigenvalue weighted by molar-refractivity contribution is 0.537. The number of hydrogen-bond acceptors (Lipinski definition) is 4. The predicted molar refractivity (Wildman–Crippen MR) is 56.9 cm³/mol. The Kier molecular flexibility index (Phi) is 2.40. The van der Waals surface area contributed by atoms with Gasteiger partial charge in [0, 0.05) is 12.6 Å². The SMILES string of the molecule is CC(CNc1cc(N)ns1)C1CC1. The van der Waals surface area contributed by atoms with Crippen molar-refractivity contribution in [2.45, 2.75) is 19.8 Å². The van der Waals surface area contributed by atoms with Gasteiger partial charge in [-0.15, -0.1) is 0 Å². The van der Waals surface area contributed by atoms with Crippen molar-refractivity contribution in [3.05, 3.63) is 6.07 Å². The van der Waals surface area contributed by atoms with Crippen LogP contribution in [0.1, 0.15) is 19.8 Å². The average Bonchev–Trinajstić information content (AvgIpc) is 2.87. The van der Waals surface area contributed by atoms with Crippen LogP contribution < -0.4 is 11.1 Å². The normalized spacial score (nSPS) is 18.5. The van der Waals surface area contributed by atoms with E-state index in [9.17, 15) is 0 Å². The molecule has 3 nitrogen and oxygen atoms in total. The van der Waals surface area contributed by atoms with E-state index in [1.54, 1.807) is 0 Å². The van der Waals surface area contributed by atoms with Gasteiger partial charge in [0.05, 0.1) is 0 Å². The van der Waals surface area contributed by atoms with Gasteiger partial charge in [-0.25, -0.2) is 0 Å². The zero-order valence-corrected chi connectivity index (χ0v) is 8.60. The van der Waals surface area contributed by atoms with Crippen LogP contribution in [0.5, 0.6) is 0 Å². The summed E-state index contributed by atoms with van der Waals surface area (Å²) in [6.45, 7) is 3.35. The van der Waals surface area contributed by atoms with Gasteiger partial charge in [0.25, 0.3) is 0 Å². The molecular weight excluding hydrogens is 182 g/mol. The smallest absolute Gasteiger partial charge is 0.139 e. The summed E-state index contributed by atoms with van der Waals surface area (Å²) < 4.78 is 4.01. The number of nitrogen functional groups attached to an aromatic ring is 1. The molecule has 72 valence electrons. The molecule has 0 radical (unpaired) electrons. The van der Waals surface area contributed by atoms with Crippen molar-refractivity contribution < 1.29 is 0 Å². The Labute approximate surface area is 82.5 Å². The van der Waals surface area contributed by atoms with Crippen LogP contribution in [0, 0.1) is 11.8 Å². The van der Waals surface area contributed by atoms with E-state index in [1.165, 1.54) is 24.4 Å². The van der Waals surface area contributed by atoms with Crippen molar-refractivity contribution in [2.75, 3.05) is 17.6 Å². The highest BCUT2D eigenvalue weighted by molar-refractivity contribution is 7.10. The molecule has 0 aliphatic heterocycles. The highest BCUT2D eigenvalue weighted by Crippen LogP contribution is 2.36. The maximum Gasteiger partial charge on any atom is 0.139 e. The molecule has 13 heavy (non-hydrogen) atoms. The van der Waals surface area contributed by atoms with Gasteiger partial charge in [-0.2, -0.15) is 4.37 Å². The van der Waals surface area contributed by atoms with Gasteiger partial charge in [0.1, 0.15) is 10.8 Å². The molecule has 1 aromatic heterocycles. The number of rotatable bonds is 4. The lowest BCUT2D eigenvalue weighted by Crippen LogP contribution is -2.11. The Morgan fingerprint density at radius 2 is 2.54 bits per heavy atom. The summed E-state index contributed by atoms with van der Waals surface area (Å²) >= 11 is 1.44. The van der Waals surface area contributed by atoms with E-state index in [0.29, 0.717) is 5.82 Å². The van der Waals surface area contributed by atoms with Crippen LogP contribution in [-0.4, -0.2) is 10.9 Å². The quantitative estimate of drug-likeness (QED) is 0.778. The number of hydrogen-bond donors (Lipinski definition) is 2. The molecule has 0 aromatic carbocycles. The number of nitrogens with one attached hydrogen (secondary N) is 1. The molecule has 4 heteroatoms. The third-order valence-corrected chi connectivity index (χ3v) is 3.31. The standard InChI is InChI=1S/C9H15N3S/c1-6(7-2-3-7)5-11-9-4-8(10)12-13-9/h4,6-7,11H,2-3,5H2,1H3,(H2,10,12). The topological polar surface area (TPSA) is 50.9 Å². The summed E-state index contributed by atoms with van der Waals surface area (Å²) in [6, 6.07) is 1.89. The Bertz CT molecular complexity index is 280. The molecule has 0 amide bonds. The molecule has 0 spiro atoms. The zero-order chi connectivity index (χ0) is 9.26. The molecule has 0 saturated heterocycles. The van der Waals surface area contributed by atoms with Crippen molar-refractivity contribution in [3.63, 3.8) is 0 Å². The average molecular weight is 197 g/mol. The fourth-order valence-electron chi connectivity index (χ4n) is 1.47. The molecule has 1 heterocycles. The van der Waals surface area contributed by atoms with Crippen molar-refractivity contribution in [3.8, 4) is 0 Å². The highest BCUT2D eigenvalue weighted by Gasteiger charge is 2.27. The van der Waals surface area contributed by atoms with E-state index < -0.39 is 0 Å². The summed E-state index contributed by atoms with van der Waals surface area (Å²) in [5.41, 5.74) is 5.52.